The SMILES string of the molecule is O=C(O)CC(CNCC1CCCO1)C(=O)O. The molecule has 1 aliphatic heterocycles. The molecule has 0 aromatic carbocycles. The molecule has 0 aliphatic carbocycles. The molecule has 16 heavy (non-hydrogen) atoms. The van der Waals surface area contributed by atoms with Gasteiger partial charge in [0, 0.05) is 19.7 Å². The molecule has 0 amide bonds. The zero-order chi connectivity index (χ0) is 12.0. The Morgan fingerprint density at radius 2 is 2.19 bits per heavy atom. The van der Waals surface area contributed by atoms with Crippen LogP contribution in [0.4, 0.5) is 0 Å². The highest BCUT2D eigenvalue weighted by Gasteiger charge is 2.21. The largest absolute Gasteiger partial charge is 0.481 e. The Kier molecular flexibility index (Phi) is 5.21. The van der Waals surface area contributed by atoms with Gasteiger partial charge < -0.3 is 20.3 Å². The lowest BCUT2D eigenvalue weighted by molar-refractivity contribution is -0.148. The molecule has 0 aromatic heterocycles. The van der Waals surface area contributed by atoms with Crippen LogP contribution < -0.4 is 5.32 Å². The monoisotopic (exact) mass is 231 g/mol. The smallest absolute Gasteiger partial charge is 0.308 e. The molecule has 6 heteroatoms. The van der Waals surface area contributed by atoms with Crippen molar-refractivity contribution in [2.45, 2.75) is 25.4 Å². The van der Waals surface area contributed by atoms with Crippen LogP contribution in [-0.2, 0) is 14.3 Å². The standard InChI is InChI=1S/C10H17NO5/c12-9(13)4-7(10(14)15)5-11-6-8-2-1-3-16-8/h7-8,11H,1-6H2,(H,12,13)(H,14,15). The lowest BCUT2D eigenvalue weighted by Gasteiger charge is -2.14. The molecule has 3 N–H and O–H groups in total. The van der Waals surface area contributed by atoms with Gasteiger partial charge >= 0.3 is 11.9 Å². The Morgan fingerprint density at radius 3 is 2.69 bits per heavy atom. The van der Waals surface area contributed by atoms with Gasteiger partial charge in [0.2, 0.25) is 0 Å². The van der Waals surface area contributed by atoms with E-state index in [1.807, 2.05) is 0 Å². The summed E-state index contributed by atoms with van der Waals surface area (Å²) in [5.74, 6) is -3.05. The van der Waals surface area contributed by atoms with Crippen LogP contribution in [0.1, 0.15) is 19.3 Å². The van der Waals surface area contributed by atoms with Crippen molar-refractivity contribution in [1.82, 2.24) is 5.32 Å². The summed E-state index contributed by atoms with van der Waals surface area (Å²) in [6.45, 7) is 1.51. The number of carbonyl (C=O) groups is 2. The minimum atomic E-state index is -1.09. The van der Waals surface area contributed by atoms with Gasteiger partial charge in [0.15, 0.2) is 0 Å². The van der Waals surface area contributed by atoms with Crippen LogP contribution in [0, 0.1) is 5.92 Å². The quantitative estimate of drug-likeness (QED) is 0.567. The average Bonchev–Trinajstić information content (AvgIpc) is 2.68. The number of hydrogen-bond donors (Lipinski definition) is 3. The topological polar surface area (TPSA) is 95.9 Å². The second-order valence-electron chi connectivity index (χ2n) is 3.93. The lowest BCUT2D eigenvalue weighted by Crippen LogP contribution is -2.34. The summed E-state index contributed by atoms with van der Waals surface area (Å²) in [6.07, 6.45) is 1.79. The van der Waals surface area contributed by atoms with Gasteiger partial charge in [-0.1, -0.05) is 0 Å². The van der Waals surface area contributed by atoms with Crippen molar-refractivity contribution >= 4 is 11.9 Å². The number of carboxylic acid groups (broad SMARTS) is 2. The van der Waals surface area contributed by atoms with Crippen LogP contribution in [0.15, 0.2) is 0 Å². The van der Waals surface area contributed by atoms with E-state index in [-0.39, 0.29) is 19.1 Å². The third kappa shape index (κ3) is 4.59. The van der Waals surface area contributed by atoms with Crippen LogP contribution in [0.25, 0.3) is 0 Å². The van der Waals surface area contributed by atoms with E-state index in [0.29, 0.717) is 6.54 Å². The number of rotatable bonds is 7. The summed E-state index contributed by atoms with van der Waals surface area (Å²) in [5.41, 5.74) is 0. The fraction of sp³-hybridized carbons (Fsp3) is 0.800. The molecule has 1 rings (SSSR count). The minimum Gasteiger partial charge on any atom is -0.481 e. The molecule has 0 saturated carbocycles. The van der Waals surface area contributed by atoms with E-state index in [1.165, 1.54) is 0 Å². The van der Waals surface area contributed by atoms with Crippen LogP contribution in [0.3, 0.4) is 0 Å². The van der Waals surface area contributed by atoms with Gasteiger partial charge in [-0.2, -0.15) is 0 Å². The average molecular weight is 231 g/mol. The van der Waals surface area contributed by atoms with Gasteiger partial charge in [0.25, 0.3) is 0 Å². The van der Waals surface area contributed by atoms with Gasteiger partial charge in [-0.05, 0) is 12.8 Å². The first kappa shape index (κ1) is 12.9. The molecule has 6 nitrogen and oxygen atoms in total. The fourth-order valence-electron chi connectivity index (χ4n) is 1.68. The number of ether oxygens (including phenoxy) is 1. The third-order valence-corrected chi connectivity index (χ3v) is 2.56. The zero-order valence-corrected chi connectivity index (χ0v) is 9.02. The Hall–Kier alpha value is -1.14. The molecule has 0 spiro atoms. The van der Waals surface area contributed by atoms with Crippen LogP contribution in [-0.4, -0.2) is 48.0 Å². The summed E-state index contributed by atoms with van der Waals surface area (Å²) >= 11 is 0. The normalized spacial score (nSPS) is 21.9. The van der Waals surface area contributed by atoms with Crippen LogP contribution >= 0.6 is 0 Å². The van der Waals surface area contributed by atoms with Crippen molar-refractivity contribution in [3.05, 3.63) is 0 Å². The molecule has 2 unspecified atom stereocenters. The molecule has 1 aliphatic rings. The van der Waals surface area contributed by atoms with Crippen molar-refractivity contribution < 1.29 is 24.5 Å². The number of aliphatic carboxylic acids is 2. The molecule has 0 bridgehead atoms. The van der Waals surface area contributed by atoms with E-state index >= 15 is 0 Å². The Morgan fingerprint density at radius 1 is 1.44 bits per heavy atom. The number of nitrogens with one attached hydrogen (secondary N) is 1. The molecule has 0 aromatic rings. The second-order valence-corrected chi connectivity index (χ2v) is 3.93. The predicted octanol–water partition coefficient (Wildman–Crippen LogP) is -0.0695. The van der Waals surface area contributed by atoms with E-state index in [9.17, 15) is 9.59 Å². The maximum Gasteiger partial charge on any atom is 0.308 e. The third-order valence-electron chi connectivity index (χ3n) is 2.56. The second kappa shape index (κ2) is 6.44. The van der Waals surface area contributed by atoms with Crippen LogP contribution in [0.2, 0.25) is 0 Å². The van der Waals surface area contributed by atoms with Gasteiger partial charge in [-0.25, -0.2) is 0 Å². The van der Waals surface area contributed by atoms with Crippen molar-refractivity contribution in [2.75, 3.05) is 19.7 Å². The first-order valence-corrected chi connectivity index (χ1v) is 5.36. The summed E-state index contributed by atoms with van der Waals surface area (Å²) in [5, 5.41) is 20.3. The van der Waals surface area contributed by atoms with Crippen LogP contribution in [0.5, 0.6) is 0 Å². The first-order chi connectivity index (χ1) is 7.59. The minimum absolute atomic E-state index is 0.138. The van der Waals surface area contributed by atoms with E-state index in [4.69, 9.17) is 14.9 Å². The molecule has 1 heterocycles. The molecular formula is C10H17NO5. The van der Waals surface area contributed by atoms with E-state index in [1.54, 1.807) is 0 Å². The summed E-state index contributed by atoms with van der Waals surface area (Å²) in [7, 11) is 0. The van der Waals surface area contributed by atoms with Gasteiger partial charge in [0.05, 0.1) is 18.4 Å². The summed E-state index contributed by atoms with van der Waals surface area (Å²) < 4.78 is 5.35. The molecule has 0 radical (unpaired) electrons. The van der Waals surface area contributed by atoms with Crippen molar-refractivity contribution in [3.63, 3.8) is 0 Å². The maximum absolute atomic E-state index is 10.7. The van der Waals surface area contributed by atoms with Gasteiger partial charge in [-0.15, -0.1) is 0 Å². The van der Waals surface area contributed by atoms with Crippen molar-refractivity contribution in [3.8, 4) is 0 Å². The van der Waals surface area contributed by atoms with E-state index in [2.05, 4.69) is 5.32 Å². The molecule has 1 fully saturated rings. The Balaban J connectivity index is 2.21. The van der Waals surface area contributed by atoms with E-state index in [0.717, 1.165) is 19.4 Å². The fourth-order valence-corrected chi connectivity index (χ4v) is 1.68. The highest BCUT2D eigenvalue weighted by molar-refractivity contribution is 5.77. The number of hydrogen-bond acceptors (Lipinski definition) is 4. The van der Waals surface area contributed by atoms with Crippen molar-refractivity contribution in [1.29, 1.82) is 0 Å². The Labute approximate surface area is 93.6 Å². The molecular weight excluding hydrogens is 214 g/mol. The maximum atomic E-state index is 10.7. The molecule has 1 saturated heterocycles. The highest BCUT2D eigenvalue weighted by Crippen LogP contribution is 2.11. The van der Waals surface area contributed by atoms with Gasteiger partial charge in [0.1, 0.15) is 0 Å². The zero-order valence-electron chi connectivity index (χ0n) is 9.02. The predicted molar refractivity (Wildman–Crippen MR) is 55.2 cm³/mol. The first-order valence-electron chi connectivity index (χ1n) is 5.36. The molecule has 2 atom stereocenters. The lowest BCUT2D eigenvalue weighted by atomic mass is 10.1. The number of carboxylic acids is 2. The van der Waals surface area contributed by atoms with E-state index < -0.39 is 17.9 Å². The van der Waals surface area contributed by atoms with Gasteiger partial charge in [-0.3, -0.25) is 9.59 Å². The summed E-state index contributed by atoms with van der Waals surface area (Å²) in [6, 6.07) is 0. The molecule has 92 valence electrons. The summed E-state index contributed by atoms with van der Waals surface area (Å²) in [4.78, 5) is 21.1. The highest BCUT2D eigenvalue weighted by atomic mass is 16.5. The van der Waals surface area contributed by atoms with Crippen molar-refractivity contribution in [2.24, 2.45) is 5.92 Å². The Bertz CT molecular complexity index is 250.